The van der Waals surface area contributed by atoms with E-state index in [4.69, 9.17) is 17.0 Å². The number of nitrogens with one attached hydrogen (secondary N) is 1. The zero-order valence-corrected chi connectivity index (χ0v) is 18.2. The van der Waals surface area contributed by atoms with Crippen molar-refractivity contribution in [1.82, 2.24) is 19.8 Å². The van der Waals surface area contributed by atoms with E-state index in [1.54, 1.807) is 24.4 Å². The third-order valence-corrected chi connectivity index (χ3v) is 5.79. The molecule has 2 N–H and O–H groups in total. The van der Waals surface area contributed by atoms with Gasteiger partial charge in [0.05, 0.1) is 36.9 Å². The second kappa shape index (κ2) is 9.19. The standard InChI is InChI=1S/C23H22N4O4S/c1-31-19(28)10-13-27-21(20(25-23(27)32)17-8-2-3-11-24-17)18-9-5-12-26(18)16-7-4-6-15(14-16)22(29)30/h2-9,11-12,14,20-21H,10,13H2,1H3,(H,25,32)(H,29,30)/t20-,21+/m1/s1. The summed E-state index contributed by atoms with van der Waals surface area (Å²) in [5, 5.41) is 13.3. The second-order valence-electron chi connectivity index (χ2n) is 7.30. The Kier molecular flexibility index (Phi) is 6.18. The normalized spacial score (nSPS) is 17.8. The minimum atomic E-state index is -0.990. The summed E-state index contributed by atoms with van der Waals surface area (Å²) >= 11 is 5.62. The van der Waals surface area contributed by atoms with Crippen molar-refractivity contribution in [2.24, 2.45) is 0 Å². The molecular weight excluding hydrogens is 428 g/mol. The van der Waals surface area contributed by atoms with Gasteiger partial charge in [-0.1, -0.05) is 12.1 Å². The first-order valence-electron chi connectivity index (χ1n) is 10.1. The lowest BCUT2D eigenvalue weighted by molar-refractivity contribution is -0.140. The molecule has 0 radical (unpaired) electrons. The molecule has 2 aromatic heterocycles. The van der Waals surface area contributed by atoms with E-state index in [2.05, 4.69) is 10.3 Å². The molecule has 1 saturated heterocycles. The molecular formula is C23H22N4O4S. The van der Waals surface area contributed by atoms with Crippen molar-refractivity contribution >= 4 is 29.3 Å². The number of rotatable bonds is 7. The molecule has 0 bridgehead atoms. The van der Waals surface area contributed by atoms with Crippen LogP contribution in [-0.2, 0) is 9.53 Å². The van der Waals surface area contributed by atoms with Crippen molar-refractivity contribution in [2.45, 2.75) is 18.5 Å². The number of methoxy groups -OCH3 is 1. The van der Waals surface area contributed by atoms with Crippen LogP contribution in [0.2, 0.25) is 0 Å². The van der Waals surface area contributed by atoms with Gasteiger partial charge in [0, 0.05) is 30.3 Å². The van der Waals surface area contributed by atoms with E-state index >= 15 is 0 Å². The number of carbonyl (C=O) groups excluding carboxylic acids is 1. The van der Waals surface area contributed by atoms with Gasteiger partial charge in [-0.15, -0.1) is 0 Å². The quantitative estimate of drug-likeness (QED) is 0.419. The van der Waals surface area contributed by atoms with Crippen molar-refractivity contribution in [2.75, 3.05) is 13.7 Å². The minimum Gasteiger partial charge on any atom is -0.478 e. The number of ether oxygens (including phenoxy) is 1. The Balaban J connectivity index is 1.77. The van der Waals surface area contributed by atoms with Gasteiger partial charge in [0.25, 0.3) is 0 Å². The van der Waals surface area contributed by atoms with Crippen molar-refractivity contribution < 1.29 is 19.4 Å². The number of hydrogen-bond acceptors (Lipinski definition) is 5. The molecule has 8 nitrogen and oxygen atoms in total. The Bertz CT molecular complexity index is 1150. The topological polar surface area (TPSA) is 96.7 Å². The molecule has 1 aromatic carbocycles. The molecule has 0 spiro atoms. The Morgan fingerprint density at radius 2 is 2.03 bits per heavy atom. The number of esters is 1. The van der Waals surface area contributed by atoms with E-state index in [9.17, 15) is 14.7 Å². The van der Waals surface area contributed by atoms with Gasteiger partial charge in [-0.3, -0.25) is 9.78 Å². The van der Waals surface area contributed by atoms with Crippen LogP contribution in [0.4, 0.5) is 0 Å². The zero-order valence-electron chi connectivity index (χ0n) is 17.3. The Morgan fingerprint density at radius 3 is 2.75 bits per heavy atom. The van der Waals surface area contributed by atoms with Crippen molar-refractivity contribution in [3.8, 4) is 5.69 Å². The van der Waals surface area contributed by atoms with E-state index in [0.29, 0.717) is 11.7 Å². The highest BCUT2D eigenvalue weighted by atomic mass is 32.1. The lowest BCUT2D eigenvalue weighted by Gasteiger charge is -2.28. The van der Waals surface area contributed by atoms with E-state index < -0.39 is 5.97 Å². The van der Waals surface area contributed by atoms with Crippen LogP contribution < -0.4 is 5.32 Å². The fourth-order valence-electron chi connectivity index (χ4n) is 3.94. The number of aromatic carboxylic acids is 1. The highest BCUT2D eigenvalue weighted by Crippen LogP contribution is 2.39. The molecule has 3 heterocycles. The Hall–Kier alpha value is -3.72. The van der Waals surface area contributed by atoms with Crippen LogP contribution in [-0.4, -0.2) is 50.3 Å². The van der Waals surface area contributed by atoms with Gasteiger partial charge < -0.3 is 24.6 Å². The van der Waals surface area contributed by atoms with E-state index in [-0.39, 0.29) is 30.0 Å². The number of pyridine rings is 1. The first kappa shape index (κ1) is 21.5. The number of carbonyl (C=O) groups is 2. The van der Waals surface area contributed by atoms with Crippen molar-refractivity contribution in [1.29, 1.82) is 0 Å². The van der Waals surface area contributed by atoms with Crippen LogP contribution in [0.5, 0.6) is 0 Å². The average Bonchev–Trinajstić information content (AvgIpc) is 3.42. The minimum absolute atomic E-state index is 0.180. The summed E-state index contributed by atoms with van der Waals surface area (Å²) in [4.78, 5) is 29.8. The van der Waals surface area contributed by atoms with Crippen LogP contribution in [0.3, 0.4) is 0 Å². The monoisotopic (exact) mass is 450 g/mol. The van der Waals surface area contributed by atoms with E-state index in [1.807, 2.05) is 52.1 Å². The fraction of sp³-hybridized carbons (Fsp3) is 0.217. The summed E-state index contributed by atoms with van der Waals surface area (Å²) < 4.78 is 6.75. The summed E-state index contributed by atoms with van der Waals surface area (Å²) in [5.41, 5.74) is 2.62. The average molecular weight is 451 g/mol. The van der Waals surface area contributed by atoms with Crippen molar-refractivity contribution in [3.63, 3.8) is 0 Å². The molecule has 0 amide bonds. The molecule has 32 heavy (non-hydrogen) atoms. The first-order chi connectivity index (χ1) is 15.5. The van der Waals surface area contributed by atoms with Crippen LogP contribution in [0, 0.1) is 0 Å². The van der Waals surface area contributed by atoms with Gasteiger partial charge in [-0.25, -0.2) is 4.79 Å². The maximum Gasteiger partial charge on any atom is 0.335 e. The van der Waals surface area contributed by atoms with Gasteiger partial charge in [0.2, 0.25) is 0 Å². The molecule has 1 aliphatic rings. The highest BCUT2D eigenvalue weighted by Gasteiger charge is 2.41. The summed E-state index contributed by atoms with van der Waals surface area (Å²) in [6.45, 7) is 0.368. The molecule has 0 unspecified atom stereocenters. The smallest absolute Gasteiger partial charge is 0.335 e. The molecule has 1 aliphatic heterocycles. The molecule has 9 heteroatoms. The van der Waals surface area contributed by atoms with E-state index in [1.165, 1.54) is 7.11 Å². The largest absolute Gasteiger partial charge is 0.478 e. The Labute approximate surface area is 190 Å². The summed E-state index contributed by atoms with van der Waals surface area (Å²) in [6, 6.07) is 15.8. The molecule has 4 rings (SSSR count). The lowest BCUT2D eigenvalue weighted by Crippen LogP contribution is -2.32. The van der Waals surface area contributed by atoms with Gasteiger partial charge in [-0.2, -0.15) is 0 Å². The number of thiocarbonyl (C=S) groups is 1. The maximum atomic E-state index is 11.8. The van der Waals surface area contributed by atoms with E-state index in [0.717, 1.165) is 17.1 Å². The number of nitrogens with zero attached hydrogens (tertiary/aromatic N) is 3. The maximum absolute atomic E-state index is 11.8. The molecule has 2 atom stereocenters. The SMILES string of the molecule is COC(=O)CCN1C(=S)N[C@H](c2ccccn2)[C@@H]1c1cccn1-c1cccc(C(=O)O)c1. The van der Waals surface area contributed by atoms with Crippen molar-refractivity contribution in [3.05, 3.63) is 83.9 Å². The van der Waals surface area contributed by atoms with Gasteiger partial charge in [0.15, 0.2) is 5.11 Å². The number of aromatic nitrogens is 2. The first-order valence-corrected chi connectivity index (χ1v) is 10.5. The molecule has 164 valence electrons. The van der Waals surface area contributed by atoms with Crippen LogP contribution >= 0.6 is 12.2 Å². The third-order valence-electron chi connectivity index (χ3n) is 5.44. The lowest BCUT2D eigenvalue weighted by atomic mass is 10.0. The molecule has 0 aliphatic carbocycles. The number of benzene rings is 1. The predicted octanol–water partition coefficient (Wildman–Crippen LogP) is 3.11. The number of carboxylic acid groups (broad SMARTS) is 1. The van der Waals surface area contributed by atoms with Crippen LogP contribution in [0.25, 0.3) is 5.69 Å². The summed E-state index contributed by atoms with van der Waals surface area (Å²) in [7, 11) is 1.36. The van der Waals surface area contributed by atoms with Gasteiger partial charge in [-0.05, 0) is 54.7 Å². The molecule has 3 aromatic rings. The molecule has 0 saturated carbocycles. The number of hydrogen-bond donors (Lipinski definition) is 2. The van der Waals surface area contributed by atoms with Gasteiger partial charge in [0.1, 0.15) is 0 Å². The van der Waals surface area contributed by atoms with Gasteiger partial charge >= 0.3 is 11.9 Å². The third kappa shape index (κ3) is 4.19. The molecule has 1 fully saturated rings. The van der Waals surface area contributed by atoms with Crippen LogP contribution in [0.15, 0.2) is 67.0 Å². The highest BCUT2D eigenvalue weighted by molar-refractivity contribution is 7.80. The Morgan fingerprint density at radius 1 is 1.19 bits per heavy atom. The summed E-state index contributed by atoms with van der Waals surface area (Å²) in [5.74, 6) is -1.31. The predicted molar refractivity (Wildman–Crippen MR) is 122 cm³/mol. The van der Waals surface area contributed by atoms with Crippen LogP contribution in [0.1, 0.15) is 40.3 Å². The second-order valence-corrected chi connectivity index (χ2v) is 7.69. The zero-order chi connectivity index (χ0) is 22.7. The number of carboxylic acids is 1. The fourth-order valence-corrected chi connectivity index (χ4v) is 4.27. The summed E-state index contributed by atoms with van der Waals surface area (Å²) in [6.07, 6.45) is 3.79.